The monoisotopic (exact) mass is 290 g/mol. The van der Waals surface area contributed by atoms with E-state index in [0.29, 0.717) is 18.2 Å². The van der Waals surface area contributed by atoms with Crippen LogP contribution in [-0.4, -0.2) is 26.8 Å². The molecule has 0 aromatic heterocycles. The van der Waals surface area contributed by atoms with Crippen molar-refractivity contribution in [3.05, 3.63) is 42.0 Å². The number of benzene rings is 1. The van der Waals surface area contributed by atoms with Crippen LogP contribution in [0.2, 0.25) is 0 Å². The van der Waals surface area contributed by atoms with E-state index in [2.05, 4.69) is 17.5 Å². The third-order valence-electron chi connectivity index (χ3n) is 3.40. The van der Waals surface area contributed by atoms with E-state index in [9.17, 15) is 8.42 Å². The molecule has 0 fully saturated rings. The number of hydrogen-bond donors (Lipinski definition) is 1. The Kier molecular flexibility index (Phi) is 4.94. The van der Waals surface area contributed by atoms with Crippen molar-refractivity contribution in [3.63, 3.8) is 0 Å². The van der Waals surface area contributed by atoms with E-state index in [1.165, 1.54) is 6.07 Å². The van der Waals surface area contributed by atoms with E-state index in [4.69, 9.17) is 5.26 Å². The average molecular weight is 290 g/mol. The van der Waals surface area contributed by atoms with Crippen molar-refractivity contribution in [2.45, 2.75) is 30.2 Å². The van der Waals surface area contributed by atoms with Crippen LogP contribution in [0.1, 0.15) is 24.8 Å². The topological polar surface area (TPSA) is 70.0 Å². The molecule has 0 heterocycles. The Morgan fingerprint density at radius 3 is 2.90 bits per heavy atom. The van der Waals surface area contributed by atoms with Crippen molar-refractivity contribution in [1.82, 2.24) is 5.32 Å². The van der Waals surface area contributed by atoms with E-state index >= 15 is 0 Å². The lowest BCUT2D eigenvalue weighted by Crippen LogP contribution is -2.33. The molecule has 106 valence electrons. The molecule has 1 N–H and O–H groups in total. The summed E-state index contributed by atoms with van der Waals surface area (Å²) in [6.07, 6.45) is 7.35. The van der Waals surface area contributed by atoms with Gasteiger partial charge >= 0.3 is 0 Å². The maximum atomic E-state index is 12.2. The summed E-state index contributed by atoms with van der Waals surface area (Å²) in [6.45, 7) is 0.442. The SMILES string of the molecule is N#Cc1cccc(S(=O)(=O)CCNC2CC=CCC2)c1. The first-order chi connectivity index (χ1) is 9.62. The molecule has 1 aliphatic rings. The molecule has 1 aromatic carbocycles. The van der Waals surface area contributed by atoms with E-state index in [-0.39, 0.29) is 10.6 Å². The van der Waals surface area contributed by atoms with E-state index < -0.39 is 9.84 Å². The van der Waals surface area contributed by atoms with Gasteiger partial charge in [-0.1, -0.05) is 18.2 Å². The summed E-state index contributed by atoms with van der Waals surface area (Å²) in [6, 6.07) is 8.51. The molecule has 1 aliphatic carbocycles. The van der Waals surface area contributed by atoms with Gasteiger partial charge in [-0.15, -0.1) is 0 Å². The second-order valence-electron chi connectivity index (χ2n) is 4.89. The van der Waals surface area contributed by atoms with Crippen LogP contribution >= 0.6 is 0 Å². The third kappa shape index (κ3) is 3.92. The van der Waals surface area contributed by atoms with Gasteiger partial charge in [-0.25, -0.2) is 8.42 Å². The molecule has 0 saturated carbocycles. The van der Waals surface area contributed by atoms with Crippen LogP contribution in [0.3, 0.4) is 0 Å². The number of nitriles is 1. The lowest BCUT2D eigenvalue weighted by atomic mass is 10.0. The van der Waals surface area contributed by atoms with Crippen molar-refractivity contribution in [2.75, 3.05) is 12.3 Å². The highest BCUT2D eigenvalue weighted by Gasteiger charge is 2.16. The van der Waals surface area contributed by atoms with Crippen LogP contribution in [0.15, 0.2) is 41.3 Å². The first kappa shape index (κ1) is 14.8. The van der Waals surface area contributed by atoms with E-state index in [1.54, 1.807) is 18.2 Å². The second-order valence-corrected chi connectivity index (χ2v) is 7.00. The smallest absolute Gasteiger partial charge is 0.179 e. The summed E-state index contributed by atoms with van der Waals surface area (Å²) in [4.78, 5) is 0.224. The average Bonchev–Trinajstić information content (AvgIpc) is 2.48. The van der Waals surface area contributed by atoms with Gasteiger partial charge in [0.25, 0.3) is 0 Å². The van der Waals surface area contributed by atoms with Crippen molar-refractivity contribution in [1.29, 1.82) is 5.26 Å². The Morgan fingerprint density at radius 1 is 1.35 bits per heavy atom. The zero-order chi connectivity index (χ0) is 14.4. The summed E-state index contributed by atoms with van der Waals surface area (Å²) in [5, 5.41) is 12.1. The van der Waals surface area contributed by atoms with Crippen LogP contribution < -0.4 is 5.32 Å². The molecule has 2 rings (SSSR count). The van der Waals surface area contributed by atoms with Crippen LogP contribution in [-0.2, 0) is 9.84 Å². The quantitative estimate of drug-likeness (QED) is 0.842. The molecule has 1 unspecified atom stereocenters. The van der Waals surface area contributed by atoms with Gasteiger partial charge < -0.3 is 5.32 Å². The molecular formula is C15H18N2O2S. The molecule has 0 aliphatic heterocycles. The number of allylic oxidation sites excluding steroid dienone is 1. The Balaban J connectivity index is 1.93. The fourth-order valence-corrected chi connectivity index (χ4v) is 3.47. The molecule has 0 amide bonds. The third-order valence-corrected chi connectivity index (χ3v) is 5.11. The fraction of sp³-hybridized carbons (Fsp3) is 0.400. The first-order valence-corrected chi connectivity index (χ1v) is 8.38. The van der Waals surface area contributed by atoms with Crippen molar-refractivity contribution in [3.8, 4) is 6.07 Å². The normalized spacial score (nSPS) is 18.6. The standard InChI is InChI=1S/C15H18N2O2S/c16-12-13-5-4-8-15(11-13)20(18,19)10-9-17-14-6-2-1-3-7-14/h1-2,4-5,8,11,14,17H,3,6-7,9-10H2. The van der Waals surface area contributed by atoms with Crippen LogP contribution in [0.5, 0.6) is 0 Å². The molecular weight excluding hydrogens is 272 g/mol. The van der Waals surface area contributed by atoms with Crippen LogP contribution in [0.4, 0.5) is 0 Å². The molecule has 20 heavy (non-hydrogen) atoms. The highest BCUT2D eigenvalue weighted by molar-refractivity contribution is 7.91. The molecule has 0 spiro atoms. The second kappa shape index (κ2) is 6.69. The molecule has 0 bridgehead atoms. The lowest BCUT2D eigenvalue weighted by molar-refractivity contribution is 0.487. The van der Waals surface area contributed by atoms with Crippen molar-refractivity contribution in [2.24, 2.45) is 0 Å². The maximum absolute atomic E-state index is 12.2. The first-order valence-electron chi connectivity index (χ1n) is 6.73. The fourth-order valence-electron chi connectivity index (χ4n) is 2.25. The Morgan fingerprint density at radius 2 is 2.20 bits per heavy atom. The molecule has 0 saturated heterocycles. The van der Waals surface area contributed by atoms with Gasteiger partial charge in [0.1, 0.15) is 0 Å². The zero-order valence-corrected chi connectivity index (χ0v) is 12.1. The number of rotatable bonds is 5. The van der Waals surface area contributed by atoms with Gasteiger partial charge in [-0.3, -0.25) is 0 Å². The number of sulfone groups is 1. The Bertz CT molecular complexity index is 630. The van der Waals surface area contributed by atoms with Gasteiger partial charge in [0, 0.05) is 12.6 Å². The highest BCUT2D eigenvalue weighted by atomic mass is 32.2. The largest absolute Gasteiger partial charge is 0.313 e. The summed E-state index contributed by atoms with van der Waals surface area (Å²) in [5.74, 6) is 0.0576. The minimum Gasteiger partial charge on any atom is -0.313 e. The summed E-state index contributed by atoms with van der Waals surface area (Å²) in [7, 11) is -3.33. The highest BCUT2D eigenvalue weighted by Crippen LogP contribution is 2.14. The van der Waals surface area contributed by atoms with E-state index in [1.807, 2.05) is 6.07 Å². The summed E-state index contributed by atoms with van der Waals surface area (Å²) in [5.41, 5.74) is 0.372. The Hall–Kier alpha value is -1.64. The number of nitrogens with zero attached hydrogens (tertiary/aromatic N) is 1. The minimum atomic E-state index is -3.33. The lowest BCUT2D eigenvalue weighted by Gasteiger charge is -2.19. The van der Waals surface area contributed by atoms with Gasteiger partial charge in [-0.05, 0) is 37.5 Å². The van der Waals surface area contributed by atoms with Crippen LogP contribution in [0, 0.1) is 11.3 Å². The van der Waals surface area contributed by atoms with Gasteiger partial charge in [0.15, 0.2) is 9.84 Å². The van der Waals surface area contributed by atoms with E-state index in [0.717, 1.165) is 19.3 Å². The number of hydrogen-bond acceptors (Lipinski definition) is 4. The predicted octanol–water partition coefficient (Wildman–Crippen LogP) is 2.03. The molecule has 0 radical (unpaired) electrons. The molecule has 5 heteroatoms. The van der Waals surface area contributed by atoms with Gasteiger partial charge in [-0.2, -0.15) is 5.26 Å². The molecule has 1 atom stereocenters. The zero-order valence-electron chi connectivity index (χ0n) is 11.2. The van der Waals surface area contributed by atoms with Crippen LogP contribution in [0.25, 0.3) is 0 Å². The maximum Gasteiger partial charge on any atom is 0.179 e. The number of nitrogens with one attached hydrogen (secondary N) is 1. The minimum absolute atomic E-state index is 0.0576. The predicted molar refractivity (Wildman–Crippen MR) is 78.0 cm³/mol. The summed E-state index contributed by atoms with van der Waals surface area (Å²) < 4.78 is 24.4. The Labute approximate surface area is 120 Å². The summed E-state index contributed by atoms with van der Waals surface area (Å²) >= 11 is 0. The van der Waals surface area contributed by atoms with Crippen molar-refractivity contribution < 1.29 is 8.42 Å². The van der Waals surface area contributed by atoms with Gasteiger partial charge in [0.2, 0.25) is 0 Å². The molecule has 1 aromatic rings. The molecule has 4 nitrogen and oxygen atoms in total. The van der Waals surface area contributed by atoms with Gasteiger partial charge in [0.05, 0.1) is 22.3 Å². The van der Waals surface area contributed by atoms with Crippen molar-refractivity contribution >= 4 is 9.84 Å².